The van der Waals surface area contributed by atoms with Crippen LogP contribution in [-0.4, -0.2) is 15.7 Å². The molecule has 30 heavy (non-hydrogen) atoms. The van der Waals surface area contributed by atoms with Gasteiger partial charge in [-0.05, 0) is 25.0 Å². The van der Waals surface area contributed by atoms with Crippen molar-refractivity contribution < 1.29 is 17.9 Å². The lowest BCUT2D eigenvalue weighted by atomic mass is 9.99. The summed E-state index contributed by atoms with van der Waals surface area (Å²) in [6.45, 7) is 0. The number of allylic oxidation sites excluding steroid dienone is 4. The smallest absolute Gasteiger partial charge is 0.206 e. The Kier molecular flexibility index (Phi) is 4.10. The molecule has 1 heterocycles. The molecule has 0 radical (unpaired) electrons. The quantitative estimate of drug-likeness (QED) is 0.433. The second kappa shape index (κ2) is 6.81. The van der Waals surface area contributed by atoms with Gasteiger partial charge in [0.2, 0.25) is 6.19 Å². The third kappa shape index (κ3) is 2.83. The highest BCUT2D eigenvalue weighted by atomic mass is 19.2. The molecule has 5 nitrogen and oxygen atoms in total. The van der Waals surface area contributed by atoms with Crippen molar-refractivity contribution in [3.63, 3.8) is 0 Å². The third-order valence-corrected chi connectivity index (χ3v) is 4.88. The fraction of sp³-hybridized carbons (Fsp3) is 0.0909. The predicted octanol–water partition coefficient (Wildman–Crippen LogP) is 5.23. The maximum absolute atomic E-state index is 13.4. The molecule has 1 aromatic heterocycles. The van der Waals surface area contributed by atoms with Gasteiger partial charge in [0.15, 0.2) is 17.5 Å². The van der Waals surface area contributed by atoms with Crippen molar-refractivity contribution in [2.75, 3.05) is 0 Å². The lowest BCUT2D eigenvalue weighted by molar-refractivity contribution is 0.424. The van der Waals surface area contributed by atoms with Gasteiger partial charge >= 0.3 is 0 Å². The minimum atomic E-state index is -1.55. The Hall–Kier alpha value is -3.99. The SMILES string of the molecule is N#CN=C1C2=CCCC=C2c2nc3cc(Oc4cc(F)c(F)c(F)c4)ccc3nc21. The number of benzene rings is 2. The first kappa shape index (κ1) is 18.1. The van der Waals surface area contributed by atoms with Gasteiger partial charge in [0.1, 0.15) is 22.9 Å². The number of hydrogen-bond donors (Lipinski definition) is 0. The average Bonchev–Trinajstić information content (AvgIpc) is 3.04. The van der Waals surface area contributed by atoms with Crippen LogP contribution >= 0.6 is 0 Å². The number of nitriles is 1. The van der Waals surface area contributed by atoms with Gasteiger partial charge in [-0.1, -0.05) is 12.2 Å². The Balaban J connectivity index is 1.59. The first-order chi connectivity index (χ1) is 14.5. The van der Waals surface area contributed by atoms with Crippen molar-refractivity contribution >= 4 is 22.3 Å². The minimum absolute atomic E-state index is 0.177. The van der Waals surface area contributed by atoms with E-state index in [1.165, 1.54) is 0 Å². The van der Waals surface area contributed by atoms with E-state index in [9.17, 15) is 13.2 Å². The average molecular weight is 404 g/mol. The number of fused-ring (bicyclic) bond motifs is 4. The number of aliphatic imine (C=N–C) groups is 1. The lowest BCUT2D eigenvalue weighted by Gasteiger charge is -2.09. The summed E-state index contributed by atoms with van der Waals surface area (Å²) in [5.41, 5.74) is 4.44. The van der Waals surface area contributed by atoms with Crippen molar-refractivity contribution in [3.05, 3.63) is 76.9 Å². The molecular weight excluding hydrogens is 393 g/mol. The van der Waals surface area contributed by atoms with Crippen LogP contribution < -0.4 is 4.74 Å². The van der Waals surface area contributed by atoms with Crippen LogP contribution in [0.3, 0.4) is 0 Å². The first-order valence-electron chi connectivity index (χ1n) is 9.08. The Bertz CT molecular complexity index is 1350. The topological polar surface area (TPSA) is 71.2 Å². The lowest BCUT2D eigenvalue weighted by Crippen LogP contribution is -2.02. The van der Waals surface area contributed by atoms with E-state index in [4.69, 9.17) is 10.00 Å². The van der Waals surface area contributed by atoms with E-state index >= 15 is 0 Å². The molecule has 2 aliphatic rings. The van der Waals surface area contributed by atoms with Crippen LogP contribution in [0.25, 0.3) is 16.6 Å². The molecule has 0 bridgehead atoms. The molecule has 5 rings (SSSR count). The summed E-state index contributed by atoms with van der Waals surface area (Å²) in [5.74, 6) is -4.14. The Morgan fingerprint density at radius 2 is 1.57 bits per heavy atom. The zero-order chi connectivity index (χ0) is 20.8. The van der Waals surface area contributed by atoms with Gasteiger partial charge in [-0.15, -0.1) is 0 Å². The summed E-state index contributed by atoms with van der Waals surface area (Å²) >= 11 is 0. The standard InChI is InChI=1S/C22H11F3N4O/c23-15-7-12(8-16(24)19(15)25)30-11-5-6-17-18(9-11)29-21-14-4-2-1-3-13(14)20(27-10-26)22(21)28-17/h3-9H,1-2H2. The van der Waals surface area contributed by atoms with E-state index in [0.29, 0.717) is 28.1 Å². The second-order valence-electron chi connectivity index (χ2n) is 6.75. The summed E-state index contributed by atoms with van der Waals surface area (Å²) in [4.78, 5) is 13.2. The van der Waals surface area contributed by atoms with Gasteiger partial charge in [0.25, 0.3) is 0 Å². The minimum Gasteiger partial charge on any atom is -0.457 e. The normalized spacial score (nSPS) is 16.0. The molecule has 0 saturated heterocycles. The van der Waals surface area contributed by atoms with E-state index in [0.717, 1.165) is 36.1 Å². The van der Waals surface area contributed by atoms with E-state index in [1.807, 2.05) is 18.3 Å². The molecule has 0 N–H and O–H groups in total. The number of aromatic nitrogens is 2. The molecule has 0 atom stereocenters. The molecule has 0 fully saturated rings. The van der Waals surface area contributed by atoms with Crippen LogP contribution in [0.2, 0.25) is 0 Å². The van der Waals surface area contributed by atoms with Gasteiger partial charge in [0, 0.05) is 29.3 Å². The number of halogens is 3. The highest BCUT2D eigenvalue weighted by Crippen LogP contribution is 2.39. The van der Waals surface area contributed by atoms with Crippen LogP contribution in [0, 0.1) is 28.9 Å². The molecular formula is C22H11F3N4O. The summed E-state index contributed by atoms with van der Waals surface area (Å²) in [6.07, 6.45) is 7.58. The Labute approximate surface area is 168 Å². The summed E-state index contributed by atoms with van der Waals surface area (Å²) in [7, 11) is 0. The molecule has 0 amide bonds. The van der Waals surface area contributed by atoms with Gasteiger partial charge in [0.05, 0.1) is 16.7 Å². The molecule has 0 unspecified atom stereocenters. The number of hydrogen-bond acceptors (Lipinski definition) is 5. The van der Waals surface area contributed by atoms with Crippen molar-refractivity contribution in [1.29, 1.82) is 5.26 Å². The zero-order valence-electron chi connectivity index (χ0n) is 15.3. The van der Waals surface area contributed by atoms with Crippen LogP contribution in [0.5, 0.6) is 11.5 Å². The van der Waals surface area contributed by atoms with Gasteiger partial charge in [-0.25, -0.2) is 23.1 Å². The van der Waals surface area contributed by atoms with E-state index < -0.39 is 17.5 Å². The molecule has 0 saturated carbocycles. The molecule has 0 spiro atoms. The molecule has 0 aliphatic heterocycles. The largest absolute Gasteiger partial charge is 0.457 e. The monoisotopic (exact) mass is 404 g/mol. The van der Waals surface area contributed by atoms with Crippen LogP contribution in [0.1, 0.15) is 24.2 Å². The van der Waals surface area contributed by atoms with Gasteiger partial charge < -0.3 is 4.74 Å². The van der Waals surface area contributed by atoms with Crippen LogP contribution in [-0.2, 0) is 0 Å². The fourth-order valence-corrected chi connectivity index (χ4v) is 3.59. The van der Waals surface area contributed by atoms with E-state index in [2.05, 4.69) is 15.0 Å². The van der Waals surface area contributed by atoms with Gasteiger partial charge in [-0.2, -0.15) is 10.3 Å². The highest BCUT2D eigenvalue weighted by Gasteiger charge is 2.32. The maximum atomic E-state index is 13.4. The van der Waals surface area contributed by atoms with Crippen LogP contribution in [0.4, 0.5) is 13.2 Å². The first-order valence-corrected chi connectivity index (χ1v) is 9.08. The van der Waals surface area contributed by atoms with Crippen molar-refractivity contribution in [1.82, 2.24) is 9.97 Å². The molecule has 146 valence electrons. The Morgan fingerprint density at radius 3 is 2.30 bits per heavy atom. The zero-order valence-corrected chi connectivity index (χ0v) is 15.3. The maximum Gasteiger partial charge on any atom is 0.206 e. The summed E-state index contributed by atoms with van der Waals surface area (Å²) in [6, 6.07) is 6.32. The fourth-order valence-electron chi connectivity index (χ4n) is 3.59. The third-order valence-electron chi connectivity index (χ3n) is 4.88. The van der Waals surface area contributed by atoms with Crippen LogP contribution in [0.15, 0.2) is 53.0 Å². The predicted molar refractivity (Wildman–Crippen MR) is 103 cm³/mol. The van der Waals surface area contributed by atoms with Gasteiger partial charge in [-0.3, -0.25) is 0 Å². The van der Waals surface area contributed by atoms with E-state index in [-0.39, 0.29) is 11.5 Å². The summed E-state index contributed by atoms with van der Waals surface area (Å²) < 4.78 is 45.5. The number of rotatable bonds is 2. The Morgan fingerprint density at radius 1 is 0.867 bits per heavy atom. The molecule has 2 aliphatic carbocycles. The summed E-state index contributed by atoms with van der Waals surface area (Å²) in [5, 5.41) is 9.06. The van der Waals surface area contributed by atoms with Crippen molar-refractivity contribution in [2.24, 2.45) is 4.99 Å². The number of ether oxygens (including phenoxy) is 1. The molecule has 8 heteroatoms. The molecule has 3 aromatic rings. The number of nitrogens with zero attached hydrogens (tertiary/aromatic N) is 4. The molecule has 2 aromatic carbocycles. The highest BCUT2D eigenvalue weighted by molar-refractivity contribution is 6.28. The van der Waals surface area contributed by atoms with Crippen molar-refractivity contribution in [2.45, 2.75) is 12.8 Å². The van der Waals surface area contributed by atoms with E-state index in [1.54, 1.807) is 18.2 Å². The van der Waals surface area contributed by atoms with Crippen molar-refractivity contribution in [3.8, 4) is 17.7 Å². The second-order valence-corrected chi connectivity index (χ2v) is 6.75.